The Labute approximate surface area is 102 Å². The van der Waals surface area contributed by atoms with Crippen LogP contribution in [0.1, 0.15) is 27.2 Å². The van der Waals surface area contributed by atoms with Crippen LogP contribution in [0.3, 0.4) is 0 Å². The Kier molecular flexibility index (Phi) is 3.58. The van der Waals surface area contributed by atoms with E-state index in [1.54, 1.807) is 4.90 Å². The SMILES string of the molecule is CC(C)(C)OC(=O)N1CC[C@H]2OCCNC[C@H]21. The lowest BCUT2D eigenvalue weighted by Crippen LogP contribution is -2.46. The summed E-state index contributed by atoms with van der Waals surface area (Å²) < 4.78 is 11.1. The van der Waals surface area contributed by atoms with Crippen LogP contribution >= 0.6 is 0 Å². The zero-order valence-electron chi connectivity index (χ0n) is 10.9. The number of hydrogen-bond acceptors (Lipinski definition) is 4. The van der Waals surface area contributed by atoms with E-state index in [4.69, 9.17) is 9.47 Å². The Balaban J connectivity index is 1.99. The van der Waals surface area contributed by atoms with Gasteiger partial charge in [0, 0.05) is 19.6 Å². The maximum Gasteiger partial charge on any atom is 0.410 e. The standard InChI is InChI=1S/C12H22N2O3/c1-12(2,3)17-11(15)14-6-4-10-9(14)8-13-5-7-16-10/h9-10,13H,4-8H2,1-3H3/t9-,10-/m1/s1. The number of likely N-dealkylation sites (tertiary alicyclic amines) is 1. The fourth-order valence-electron chi connectivity index (χ4n) is 2.34. The molecule has 0 spiro atoms. The van der Waals surface area contributed by atoms with Crippen LogP contribution in [-0.2, 0) is 9.47 Å². The molecule has 0 unspecified atom stereocenters. The molecular weight excluding hydrogens is 220 g/mol. The van der Waals surface area contributed by atoms with Gasteiger partial charge < -0.3 is 19.7 Å². The molecular formula is C12H22N2O3. The van der Waals surface area contributed by atoms with Crippen LogP contribution in [0.15, 0.2) is 0 Å². The van der Waals surface area contributed by atoms with Crippen LogP contribution < -0.4 is 5.32 Å². The van der Waals surface area contributed by atoms with E-state index in [0.29, 0.717) is 0 Å². The summed E-state index contributed by atoms with van der Waals surface area (Å²) in [4.78, 5) is 13.8. The Morgan fingerprint density at radius 3 is 2.94 bits per heavy atom. The van der Waals surface area contributed by atoms with Crippen molar-refractivity contribution in [2.24, 2.45) is 0 Å². The van der Waals surface area contributed by atoms with Crippen molar-refractivity contribution in [1.29, 1.82) is 0 Å². The fraction of sp³-hybridized carbons (Fsp3) is 0.917. The Hall–Kier alpha value is -0.810. The van der Waals surface area contributed by atoms with Crippen LogP contribution in [0.2, 0.25) is 0 Å². The van der Waals surface area contributed by atoms with E-state index >= 15 is 0 Å². The average molecular weight is 242 g/mol. The molecule has 2 saturated heterocycles. The molecule has 0 aromatic heterocycles. The van der Waals surface area contributed by atoms with Crippen molar-refractivity contribution in [3.05, 3.63) is 0 Å². The number of nitrogens with zero attached hydrogens (tertiary/aromatic N) is 1. The zero-order valence-corrected chi connectivity index (χ0v) is 10.9. The summed E-state index contributed by atoms with van der Waals surface area (Å²) in [5, 5.41) is 3.29. The maximum atomic E-state index is 12.0. The largest absolute Gasteiger partial charge is 0.444 e. The molecule has 1 N–H and O–H groups in total. The highest BCUT2D eigenvalue weighted by molar-refractivity contribution is 5.69. The Bertz CT molecular complexity index is 288. The third kappa shape index (κ3) is 3.10. The van der Waals surface area contributed by atoms with E-state index in [2.05, 4.69) is 5.32 Å². The van der Waals surface area contributed by atoms with Crippen LogP contribution in [0, 0.1) is 0 Å². The molecule has 0 saturated carbocycles. The van der Waals surface area contributed by atoms with Gasteiger partial charge in [0.05, 0.1) is 18.8 Å². The normalized spacial score (nSPS) is 29.7. The van der Waals surface area contributed by atoms with Gasteiger partial charge in [0.15, 0.2) is 0 Å². The number of nitrogens with one attached hydrogen (secondary N) is 1. The second-order valence-corrected chi connectivity index (χ2v) is 5.64. The molecule has 5 nitrogen and oxygen atoms in total. The first-order chi connectivity index (χ1) is 7.97. The average Bonchev–Trinajstić information content (AvgIpc) is 2.46. The summed E-state index contributed by atoms with van der Waals surface area (Å²) in [7, 11) is 0. The fourth-order valence-corrected chi connectivity index (χ4v) is 2.34. The summed E-state index contributed by atoms with van der Waals surface area (Å²) >= 11 is 0. The molecule has 2 heterocycles. The van der Waals surface area contributed by atoms with E-state index in [1.165, 1.54) is 0 Å². The van der Waals surface area contributed by atoms with Crippen molar-refractivity contribution in [2.75, 3.05) is 26.2 Å². The maximum absolute atomic E-state index is 12.0. The summed E-state index contributed by atoms with van der Waals surface area (Å²) in [6, 6.07) is 0.118. The first kappa shape index (κ1) is 12.6. The van der Waals surface area contributed by atoms with Gasteiger partial charge in [0.25, 0.3) is 0 Å². The van der Waals surface area contributed by atoms with Crippen molar-refractivity contribution in [1.82, 2.24) is 10.2 Å². The highest BCUT2D eigenvalue weighted by Gasteiger charge is 2.40. The Morgan fingerprint density at radius 1 is 1.47 bits per heavy atom. The van der Waals surface area contributed by atoms with Gasteiger partial charge in [0.2, 0.25) is 0 Å². The summed E-state index contributed by atoms with van der Waals surface area (Å²) in [6.07, 6.45) is 0.848. The Morgan fingerprint density at radius 2 is 2.24 bits per heavy atom. The predicted molar refractivity (Wildman–Crippen MR) is 64.0 cm³/mol. The van der Waals surface area contributed by atoms with Crippen LogP contribution in [0.5, 0.6) is 0 Å². The van der Waals surface area contributed by atoms with Crippen molar-refractivity contribution < 1.29 is 14.3 Å². The molecule has 2 rings (SSSR count). The highest BCUT2D eigenvalue weighted by Crippen LogP contribution is 2.24. The molecule has 0 aromatic carbocycles. The van der Waals surface area contributed by atoms with Gasteiger partial charge >= 0.3 is 6.09 Å². The smallest absolute Gasteiger partial charge is 0.410 e. The molecule has 17 heavy (non-hydrogen) atoms. The molecule has 2 atom stereocenters. The molecule has 0 radical (unpaired) electrons. The number of fused-ring (bicyclic) bond motifs is 1. The molecule has 5 heteroatoms. The molecule has 0 bridgehead atoms. The van der Waals surface area contributed by atoms with Gasteiger partial charge in [-0.25, -0.2) is 4.79 Å². The molecule has 2 fully saturated rings. The number of carbonyl (C=O) groups is 1. The van der Waals surface area contributed by atoms with Gasteiger partial charge in [0.1, 0.15) is 5.60 Å². The van der Waals surface area contributed by atoms with Gasteiger partial charge in [-0.3, -0.25) is 0 Å². The minimum atomic E-state index is -0.436. The van der Waals surface area contributed by atoms with Gasteiger partial charge in [-0.1, -0.05) is 0 Å². The minimum Gasteiger partial charge on any atom is -0.444 e. The lowest BCUT2D eigenvalue weighted by atomic mass is 10.1. The van der Waals surface area contributed by atoms with Crippen molar-refractivity contribution in [3.63, 3.8) is 0 Å². The molecule has 0 aromatic rings. The van der Waals surface area contributed by atoms with Gasteiger partial charge in [-0.15, -0.1) is 0 Å². The van der Waals surface area contributed by atoms with Crippen LogP contribution in [0.4, 0.5) is 4.79 Å². The van der Waals surface area contributed by atoms with Crippen molar-refractivity contribution in [2.45, 2.75) is 44.9 Å². The van der Waals surface area contributed by atoms with Crippen molar-refractivity contribution in [3.8, 4) is 0 Å². The minimum absolute atomic E-state index is 0.118. The number of rotatable bonds is 0. The van der Waals surface area contributed by atoms with E-state index in [0.717, 1.165) is 32.7 Å². The van der Waals surface area contributed by atoms with Gasteiger partial charge in [-0.05, 0) is 27.2 Å². The molecule has 98 valence electrons. The second kappa shape index (κ2) is 4.82. The topological polar surface area (TPSA) is 50.8 Å². The third-order valence-corrected chi connectivity index (χ3v) is 3.08. The molecule has 1 amide bonds. The van der Waals surface area contributed by atoms with Gasteiger partial charge in [-0.2, -0.15) is 0 Å². The number of ether oxygens (including phenoxy) is 2. The predicted octanol–water partition coefficient (Wildman–Crippen LogP) is 0.984. The quantitative estimate of drug-likeness (QED) is 0.688. The lowest BCUT2D eigenvalue weighted by Gasteiger charge is -2.29. The van der Waals surface area contributed by atoms with E-state index in [9.17, 15) is 4.79 Å². The number of amides is 1. The first-order valence-corrected chi connectivity index (χ1v) is 6.29. The summed E-state index contributed by atoms with van der Waals surface area (Å²) in [5.74, 6) is 0. The van der Waals surface area contributed by atoms with Crippen molar-refractivity contribution >= 4 is 6.09 Å². The lowest BCUT2D eigenvalue weighted by molar-refractivity contribution is 0.00916. The zero-order chi connectivity index (χ0) is 12.5. The van der Waals surface area contributed by atoms with E-state index in [-0.39, 0.29) is 18.2 Å². The van der Waals surface area contributed by atoms with E-state index in [1.807, 2.05) is 20.8 Å². The highest BCUT2D eigenvalue weighted by atomic mass is 16.6. The monoisotopic (exact) mass is 242 g/mol. The number of carbonyl (C=O) groups excluding carboxylic acids is 1. The first-order valence-electron chi connectivity index (χ1n) is 6.29. The van der Waals surface area contributed by atoms with Crippen LogP contribution in [0.25, 0.3) is 0 Å². The summed E-state index contributed by atoms with van der Waals surface area (Å²) in [6.45, 7) is 8.77. The second-order valence-electron chi connectivity index (χ2n) is 5.64. The molecule has 2 aliphatic heterocycles. The third-order valence-electron chi connectivity index (χ3n) is 3.08. The number of hydrogen-bond donors (Lipinski definition) is 1. The summed E-state index contributed by atoms with van der Waals surface area (Å²) in [5.41, 5.74) is -0.436. The van der Waals surface area contributed by atoms with Crippen LogP contribution in [-0.4, -0.2) is 55.0 Å². The molecule has 2 aliphatic rings. The van der Waals surface area contributed by atoms with E-state index < -0.39 is 5.60 Å². The molecule has 0 aliphatic carbocycles.